The van der Waals surface area contributed by atoms with Crippen LogP contribution in [-0.4, -0.2) is 21.4 Å². The summed E-state index contributed by atoms with van der Waals surface area (Å²) in [5.41, 5.74) is 1.67. The Hall–Kier alpha value is -1.40. The van der Waals surface area contributed by atoms with Gasteiger partial charge in [-0.15, -0.1) is 0 Å². The third-order valence-electron chi connectivity index (χ3n) is 2.77. The molecule has 1 aromatic carbocycles. The second-order valence-electron chi connectivity index (χ2n) is 5.15. The summed E-state index contributed by atoms with van der Waals surface area (Å²) in [7, 11) is -1.85. The molecule has 1 aromatic rings. The SMILES string of the molecule is CNS(=O)(=O)Cc1ccc(CNC(=O)CC(C)C)cc1. The number of rotatable bonds is 7. The maximum absolute atomic E-state index is 11.5. The molecule has 6 heteroatoms. The number of hydrogen-bond donors (Lipinski definition) is 2. The molecule has 0 aliphatic rings. The molecule has 0 saturated carbocycles. The summed E-state index contributed by atoms with van der Waals surface area (Å²) in [6, 6.07) is 7.18. The summed E-state index contributed by atoms with van der Waals surface area (Å²) < 4.78 is 25.1. The molecule has 0 fully saturated rings. The highest BCUT2D eigenvalue weighted by molar-refractivity contribution is 7.88. The zero-order valence-corrected chi connectivity index (χ0v) is 13.0. The van der Waals surface area contributed by atoms with E-state index in [1.165, 1.54) is 7.05 Å². The average molecular weight is 298 g/mol. The fourth-order valence-electron chi connectivity index (χ4n) is 1.69. The van der Waals surface area contributed by atoms with E-state index in [0.29, 0.717) is 18.9 Å². The Kier molecular flexibility index (Phi) is 6.16. The van der Waals surface area contributed by atoms with Gasteiger partial charge >= 0.3 is 0 Å². The number of hydrogen-bond acceptors (Lipinski definition) is 3. The zero-order chi connectivity index (χ0) is 15.2. The van der Waals surface area contributed by atoms with Gasteiger partial charge in [-0.3, -0.25) is 4.79 Å². The van der Waals surface area contributed by atoms with E-state index in [-0.39, 0.29) is 11.7 Å². The van der Waals surface area contributed by atoms with Crippen molar-refractivity contribution >= 4 is 15.9 Å². The van der Waals surface area contributed by atoms with Gasteiger partial charge in [0.15, 0.2) is 0 Å². The summed E-state index contributed by atoms with van der Waals surface area (Å²) in [6.45, 7) is 4.46. The number of carbonyl (C=O) groups excluding carboxylic acids is 1. The molecule has 0 aromatic heterocycles. The molecule has 2 N–H and O–H groups in total. The maximum Gasteiger partial charge on any atom is 0.220 e. The summed E-state index contributed by atoms with van der Waals surface area (Å²) in [5, 5.41) is 2.84. The van der Waals surface area contributed by atoms with Gasteiger partial charge in [-0.05, 0) is 24.1 Å². The normalized spacial score (nSPS) is 11.6. The van der Waals surface area contributed by atoms with E-state index in [9.17, 15) is 13.2 Å². The Morgan fingerprint density at radius 1 is 1.15 bits per heavy atom. The van der Waals surface area contributed by atoms with E-state index in [2.05, 4.69) is 10.0 Å². The molecule has 0 unspecified atom stereocenters. The number of carbonyl (C=O) groups is 1. The summed E-state index contributed by atoms with van der Waals surface area (Å²) in [6.07, 6.45) is 0.512. The van der Waals surface area contributed by atoms with Gasteiger partial charge in [0.1, 0.15) is 0 Å². The van der Waals surface area contributed by atoms with Crippen molar-refractivity contribution in [1.29, 1.82) is 0 Å². The van der Waals surface area contributed by atoms with Crippen LogP contribution in [0.3, 0.4) is 0 Å². The minimum atomic E-state index is -3.24. The van der Waals surface area contributed by atoms with Crippen LogP contribution in [0.1, 0.15) is 31.4 Å². The van der Waals surface area contributed by atoms with E-state index in [4.69, 9.17) is 0 Å². The van der Waals surface area contributed by atoms with Crippen LogP contribution in [0, 0.1) is 5.92 Å². The van der Waals surface area contributed by atoms with Gasteiger partial charge in [0.25, 0.3) is 0 Å². The third-order valence-corrected chi connectivity index (χ3v) is 4.11. The van der Waals surface area contributed by atoms with Crippen LogP contribution < -0.4 is 10.0 Å². The summed E-state index contributed by atoms with van der Waals surface area (Å²) in [5.74, 6) is 0.328. The lowest BCUT2D eigenvalue weighted by Crippen LogP contribution is -2.24. The second-order valence-corrected chi connectivity index (χ2v) is 7.08. The average Bonchev–Trinajstić information content (AvgIpc) is 2.37. The highest BCUT2D eigenvalue weighted by atomic mass is 32.2. The first-order valence-corrected chi connectivity index (χ1v) is 8.23. The molecule has 0 spiro atoms. The largest absolute Gasteiger partial charge is 0.352 e. The fourth-order valence-corrected chi connectivity index (χ4v) is 2.46. The Balaban J connectivity index is 2.53. The lowest BCUT2D eigenvalue weighted by molar-refractivity contribution is -0.121. The lowest BCUT2D eigenvalue weighted by atomic mass is 10.1. The highest BCUT2D eigenvalue weighted by Gasteiger charge is 2.08. The Bertz CT molecular complexity index is 536. The van der Waals surface area contributed by atoms with E-state index >= 15 is 0 Å². The monoisotopic (exact) mass is 298 g/mol. The molecule has 0 atom stereocenters. The van der Waals surface area contributed by atoms with Crippen molar-refractivity contribution in [3.63, 3.8) is 0 Å². The molecule has 0 aliphatic carbocycles. The van der Waals surface area contributed by atoms with E-state index in [0.717, 1.165) is 11.1 Å². The smallest absolute Gasteiger partial charge is 0.220 e. The molecule has 1 amide bonds. The van der Waals surface area contributed by atoms with Crippen LogP contribution in [0.15, 0.2) is 24.3 Å². The Morgan fingerprint density at radius 3 is 2.20 bits per heavy atom. The molecule has 0 radical (unpaired) electrons. The number of benzene rings is 1. The minimum absolute atomic E-state index is 0.0295. The van der Waals surface area contributed by atoms with Gasteiger partial charge in [-0.1, -0.05) is 38.1 Å². The quantitative estimate of drug-likeness (QED) is 0.799. The van der Waals surface area contributed by atoms with Crippen molar-refractivity contribution in [3.05, 3.63) is 35.4 Å². The van der Waals surface area contributed by atoms with Crippen LogP contribution in [0.5, 0.6) is 0 Å². The number of amides is 1. The molecule has 0 bridgehead atoms. The first-order valence-electron chi connectivity index (χ1n) is 6.58. The van der Waals surface area contributed by atoms with Crippen LogP contribution in [-0.2, 0) is 27.1 Å². The van der Waals surface area contributed by atoms with Crippen molar-refractivity contribution in [2.45, 2.75) is 32.6 Å². The van der Waals surface area contributed by atoms with Crippen molar-refractivity contribution in [1.82, 2.24) is 10.0 Å². The van der Waals surface area contributed by atoms with Crippen LogP contribution in [0.4, 0.5) is 0 Å². The van der Waals surface area contributed by atoms with Gasteiger partial charge in [0.2, 0.25) is 15.9 Å². The van der Waals surface area contributed by atoms with Crippen LogP contribution >= 0.6 is 0 Å². The number of sulfonamides is 1. The molecular weight excluding hydrogens is 276 g/mol. The maximum atomic E-state index is 11.5. The molecule has 5 nitrogen and oxygen atoms in total. The van der Waals surface area contributed by atoms with Crippen molar-refractivity contribution in [3.8, 4) is 0 Å². The second kappa shape index (κ2) is 7.40. The molecule has 112 valence electrons. The van der Waals surface area contributed by atoms with Gasteiger partial charge < -0.3 is 5.32 Å². The third kappa shape index (κ3) is 6.16. The van der Waals surface area contributed by atoms with Gasteiger partial charge in [0.05, 0.1) is 5.75 Å². The summed E-state index contributed by atoms with van der Waals surface area (Å²) in [4.78, 5) is 11.5. The van der Waals surface area contributed by atoms with Crippen molar-refractivity contribution in [2.24, 2.45) is 5.92 Å². The summed E-state index contributed by atoms with van der Waals surface area (Å²) >= 11 is 0. The molecule has 20 heavy (non-hydrogen) atoms. The van der Waals surface area contributed by atoms with Crippen LogP contribution in [0.2, 0.25) is 0 Å². The van der Waals surface area contributed by atoms with E-state index in [1.54, 1.807) is 12.1 Å². The predicted octanol–water partition coefficient (Wildman–Crippen LogP) is 1.40. The molecule has 0 saturated heterocycles. The van der Waals surface area contributed by atoms with Gasteiger partial charge in [-0.25, -0.2) is 13.1 Å². The van der Waals surface area contributed by atoms with Gasteiger partial charge in [-0.2, -0.15) is 0 Å². The van der Waals surface area contributed by atoms with Crippen molar-refractivity contribution in [2.75, 3.05) is 7.05 Å². The van der Waals surface area contributed by atoms with Gasteiger partial charge in [0, 0.05) is 13.0 Å². The molecule has 1 rings (SSSR count). The first kappa shape index (κ1) is 16.7. The van der Waals surface area contributed by atoms with Crippen molar-refractivity contribution < 1.29 is 13.2 Å². The first-order chi connectivity index (χ1) is 9.32. The molecule has 0 heterocycles. The lowest BCUT2D eigenvalue weighted by Gasteiger charge is -2.08. The minimum Gasteiger partial charge on any atom is -0.352 e. The highest BCUT2D eigenvalue weighted by Crippen LogP contribution is 2.08. The standard InChI is InChI=1S/C14H22N2O3S/c1-11(2)8-14(17)16-9-12-4-6-13(7-5-12)10-20(18,19)15-3/h4-7,11,15H,8-10H2,1-3H3,(H,16,17). The topological polar surface area (TPSA) is 75.3 Å². The molecular formula is C14H22N2O3S. The number of nitrogens with one attached hydrogen (secondary N) is 2. The van der Waals surface area contributed by atoms with Crippen LogP contribution in [0.25, 0.3) is 0 Å². The fraction of sp³-hybridized carbons (Fsp3) is 0.500. The van der Waals surface area contributed by atoms with E-state index < -0.39 is 10.0 Å². The van der Waals surface area contributed by atoms with E-state index in [1.807, 2.05) is 26.0 Å². The molecule has 0 aliphatic heterocycles. The Labute approximate surface area is 120 Å². The predicted molar refractivity (Wildman–Crippen MR) is 79.4 cm³/mol. The Morgan fingerprint density at radius 2 is 1.70 bits per heavy atom. The zero-order valence-electron chi connectivity index (χ0n) is 12.1.